The highest BCUT2D eigenvalue weighted by atomic mass is 16.6. The van der Waals surface area contributed by atoms with Gasteiger partial charge in [-0.2, -0.15) is 0 Å². The lowest BCUT2D eigenvalue weighted by atomic mass is 9.97. The van der Waals surface area contributed by atoms with Crippen molar-refractivity contribution in [1.29, 1.82) is 0 Å². The van der Waals surface area contributed by atoms with E-state index in [-0.39, 0.29) is 18.1 Å². The minimum absolute atomic E-state index is 0.0286. The Hall–Kier alpha value is -3.28. The molecule has 6 heteroatoms. The summed E-state index contributed by atoms with van der Waals surface area (Å²) in [7, 11) is 0. The first-order valence-corrected chi connectivity index (χ1v) is 7.98. The number of esters is 1. The van der Waals surface area contributed by atoms with Gasteiger partial charge in [-0.1, -0.05) is 17.7 Å². The predicted octanol–water partition coefficient (Wildman–Crippen LogP) is 3.96. The molecule has 2 aromatic carbocycles. The number of ketones is 1. The molecule has 0 heterocycles. The number of Topliss-reactive ketones (excluding diaryl/α,β-unsaturated/α-hetero) is 1. The van der Waals surface area contributed by atoms with E-state index in [4.69, 9.17) is 4.74 Å². The van der Waals surface area contributed by atoms with Gasteiger partial charge in [0, 0.05) is 23.8 Å². The van der Waals surface area contributed by atoms with Crippen LogP contribution < -0.4 is 0 Å². The van der Waals surface area contributed by atoms with E-state index in [9.17, 15) is 19.7 Å². The molecule has 6 nitrogen and oxygen atoms in total. The third kappa shape index (κ3) is 4.86. The fourth-order valence-corrected chi connectivity index (χ4v) is 2.75. The Bertz CT molecular complexity index is 859. The van der Waals surface area contributed by atoms with Crippen LogP contribution in [0.4, 0.5) is 5.69 Å². The molecule has 0 unspecified atom stereocenters. The molecule has 0 aromatic heterocycles. The predicted molar refractivity (Wildman–Crippen MR) is 98.1 cm³/mol. The highest BCUT2D eigenvalue weighted by Crippen LogP contribution is 2.17. The quantitative estimate of drug-likeness (QED) is 0.258. The van der Waals surface area contributed by atoms with E-state index in [1.165, 1.54) is 36.4 Å². The zero-order valence-corrected chi connectivity index (χ0v) is 14.8. The third-order valence-electron chi connectivity index (χ3n) is 3.82. The second-order valence-electron chi connectivity index (χ2n) is 5.99. The first kappa shape index (κ1) is 19.1. The zero-order valence-electron chi connectivity index (χ0n) is 14.8. The van der Waals surface area contributed by atoms with Crippen LogP contribution >= 0.6 is 0 Å². The second-order valence-corrected chi connectivity index (χ2v) is 5.99. The smallest absolute Gasteiger partial charge is 0.331 e. The fraction of sp³-hybridized carbons (Fsp3) is 0.200. The van der Waals surface area contributed by atoms with E-state index in [1.54, 1.807) is 0 Å². The molecular formula is C20H19NO5. The molecule has 0 amide bonds. The molecule has 0 saturated heterocycles. The number of non-ortho nitro benzene ring substituents is 1. The monoisotopic (exact) mass is 353 g/mol. The molecule has 2 rings (SSSR count). The summed E-state index contributed by atoms with van der Waals surface area (Å²) in [5, 5.41) is 10.6. The average Bonchev–Trinajstić information content (AvgIpc) is 2.57. The lowest BCUT2D eigenvalue weighted by Gasteiger charge is -2.10. The van der Waals surface area contributed by atoms with Gasteiger partial charge in [0.25, 0.3) is 5.69 Å². The van der Waals surface area contributed by atoms with Crippen molar-refractivity contribution in [1.82, 2.24) is 0 Å². The Kier molecular flexibility index (Phi) is 6.01. The van der Waals surface area contributed by atoms with Gasteiger partial charge in [-0.3, -0.25) is 14.9 Å². The van der Waals surface area contributed by atoms with Crippen molar-refractivity contribution in [2.24, 2.45) is 0 Å². The van der Waals surface area contributed by atoms with Gasteiger partial charge in [0.2, 0.25) is 5.78 Å². The van der Waals surface area contributed by atoms with Gasteiger partial charge in [-0.25, -0.2) is 4.79 Å². The number of carbonyl (C=O) groups is 2. The van der Waals surface area contributed by atoms with E-state index < -0.39 is 10.9 Å². The molecular weight excluding hydrogens is 334 g/mol. The van der Waals surface area contributed by atoms with Crippen LogP contribution in [-0.2, 0) is 9.53 Å². The molecule has 0 aliphatic carbocycles. The molecule has 0 fully saturated rings. The van der Waals surface area contributed by atoms with Gasteiger partial charge < -0.3 is 4.74 Å². The first-order valence-electron chi connectivity index (χ1n) is 7.98. The van der Waals surface area contributed by atoms with E-state index in [0.717, 1.165) is 16.7 Å². The molecule has 0 radical (unpaired) electrons. The molecule has 0 N–H and O–H groups in total. The summed E-state index contributed by atoms with van der Waals surface area (Å²) in [6, 6.07) is 9.56. The molecule has 0 aliphatic rings. The minimum atomic E-state index is -0.654. The Labute approximate surface area is 151 Å². The molecule has 0 spiro atoms. The Morgan fingerprint density at radius 3 is 2.19 bits per heavy atom. The first-order chi connectivity index (χ1) is 12.3. The van der Waals surface area contributed by atoms with Crippen LogP contribution in [0.1, 0.15) is 32.6 Å². The number of nitro groups is 1. The van der Waals surface area contributed by atoms with Crippen LogP contribution in [0.25, 0.3) is 6.08 Å². The third-order valence-corrected chi connectivity index (χ3v) is 3.82. The zero-order chi connectivity index (χ0) is 19.3. The van der Waals surface area contributed by atoms with Crippen molar-refractivity contribution in [2.45, 2.75) is 20.8 Å². The van der Waals surface area contributed by atoms with Crippen LogP contribution in [0.3, 0.4) is 0 Å². The van der Waals surface area contributed by atoms with Crippen molar-refractivity contribution in [2.75, 3.05) is 6.61 Å². The summed E-state index contributed by atoms with van der Waals surface area (Å²) in [6.45, 7) is 5.32. The summed E-state index contributed by atoms with van der Waals surface area (Å²) in [4.78, 5) is 34.2. The van der Waals surface area contributed by atoms with Crippen LogP contribution in [0.2, 0.25) is 0 Å². The van der Waals surface area contributed by atoms with E-state index in [2.05, 4.69) is 0 Å². The number of ether oxygens (including phenoxy) is 1. The topological polar surface area (TPSA) is 86.5 Å². The number of hydrogen-bond acceptors (Lipinski definition) is 5. The molecule has 0 atom stereocenters. The fourth-order valence-electron chi connectivity index (χ4n) is 2.75. The van der Waals surface area contributed by atoms with Crippen LogP contribution in [0.5, 0.6) is 0 Å². The van der Waals surface area contributed by atoms with Gasteiger partial charge in [0.05, 0.1) is 4.92 Å². The maximum atomic E-state index is 12.3. The van der Waals surface area contributed by atoms with Crippen molar-refractivity contribution in [3.8, 4) is 0 Å². The molecule has 0 saturated carbocycles. The standard InChI is InChI=1S/C20H19NO5/c1-13-10-14(2)20(15(3)11-13)18(22)12-26-19(23)9-6-16-4-7-17(8-5-16)21(24)25/h4-11H,12H2,1-3H3. The highest BCUT2D eigenvalue weighted by molar-refractivity contribution is 6.01. The highest BCUT2D eigenvalue weighted by Gasteiger charge is 2.14. The Morgan fingerprint density at radius 2 is 1.65 bits per heavy atom. The van der Waals surface area contributed by atoms with Crippen LogP contribution in [0.15, 0.2) is 42.5 Å². The number of aryl methyl sites for hydroxylation is 3. The van der Waals surface area contributed by atoms with E-state index in [0.29, 0.717) is 11.1 Å². The largest absolute Gasteiger partial charge is 0.454 e. The Balaban J connectivity index is 1.96. The van der Waals surface area contributed by atoms with Gasteiger partial charge in [-0.15, -0.1) is 0 Å². The van der Waals surface area contributed by atoms with Crippen LogP contribution in [-0.4, -0.2) is 23.3 Å². The maximum Gasteiger partial charge on any atom is 0.331 e. The van der Waals surface area contributed by atoms with Crippen molar-refractivity contribution >= 4 is 23.5 Å². The van der Waals surface area contributed by atoms with Gasteiger partial charge in [0.15, 0.2) is 6.61 Å². The average molecular weight is 353 g/mol. The molecule has 0 bridgehead atoms. The van der Waals surface area contributed by atoms with E-state index >= 15 is 0 Å². The second kappa shape index (κ2) is 8.20. The number of hydrogen-bond donors (Lipinski definition) is 0. The lowest BCUT2D eigenvalue weighted by molar-refractivity contribution is -0.384. The summed E-state index contributed by atoms with van der Waals surface area (Å²) < 4.78 is 5.00. The summed E-state index contributed by atoms with van der Waals surface area (Å²) >= 11 is 0. The van der Waals surface area contributed by atoms with Crippen molar-refractivity contribution in [3.05, 3.63) is 80.4 Å². The van der Waals surface area contributed by atoms with Crippen molar-refractivity contribution in [3.63, 3.8) is 0 Å². The molecule has 134 valence electrons. The normalized spacial score (nSPS) is 10.7. The number of nitro benzene ring substituents is 1. The molecule has 0 aliphatic heterocycles. The van der Waals surface area contributed by atoms with Crippen LogP contribution in [0, 0.1) is 30.9 Å². The summed E-state index contributed by atoms with van der Waals surface area (Å²) in [5.41, 5.74) is 3.93. The summed E-state index contributed by atoms with van der Waals surface area (Å²) in [5.74, 6) is -0.906. The summed E-state index contributed by atoms with van der Waals surface area (Å²) in [6.07, 6.45) is 2.65. The number of rotatable bonds is 6. The maximum absolute atomic E-state index is 12.3. The number of carbonyl (C=O) groups excluding carboxylic acids is 2. The number of nitrogens with zero attached hydrogens (tertiary/aromatic N) is 1. The molecule has 26 heavy (non-hydrogen) atoms. The van der Waals surface area contributed by atoms with E-state index in [1.807, 2.05) is 32.9 Å². The SMILES string of the molecule is Cc1cc(C)c(C(=O)COC(=O)C=Cc2ccc([N+](=O)[O-])cc2)c(C)c1. The van der Waals surface area contributed by atoms with Gasteiger partial charge in [-0.05, 0) is 55.7 Å². The van der Waals surface area contributed by atoms with Gasteiger partial charge >= 0.3 is 5.97 Å². The van der Waals surface area contributed by atoms with Gasteiger partial charge in [0.1, 0.15) is 0 Å². The Morgan fingerprint density at radius 1 is 1.08 bits per heavy atom. The number of benzene rings is 2. The lowest BCUT2D eigenvalue weighted by Crippen LogP contribution is -2.15. The minimum Gasteiger partial charge on any atom is -0.454 e. The molecule has 2 aromatic rings. The van der Waals surface area contributed by atoms with Crippen molar-refractivity contribution < 1.29 is 19.2 Å².